The first-order valence-electron chi connectivity index (χ1n) is 6.97. The molecule has 2 nitrogen and oxygen atoms in total. The summed E-state index contributed by atoms with van der Waals surface area (Å²) in [4.78, 5) is 0. The fraction of sp³-hybridized carbons (Fsp3) is 0.294. The van der Waals surface area contributed by atoms with E-state index in [1.54, 1.807) is 6.07 Å². The van der Waals surface area contributed by atoms with E-state index in [9.17, 15) is 0 Å². The molecule has 0 aromatic heterocycles. The van der Waals surface area contributed by atoms with Crippen molar-refractivity contribution in [3.63, 3.8) is 0 Å². The predicted octanol–water partition coefficient (Wildman–Crippen LogP) is 5.37. The van der Waals surface area contributed by atoms with Crippen LogP contribution in [0, 0.1) is 6.92 Å². The smallest absolute Gasteiger partial charge is 0.146 e. The Kier molecular flexibility index (Phi) is 5.51. The Balaban J connectivity index is 2.30. The molecule has 0 heterocycles. The minimum Gasteiger partial charge on any atom is -0.456 e. The molecule has 2 rings (SSSR count). The SMILES string of the molecule is CCC(N)Cc1cc(Cl)ccc1Oc1ccc(C)cc1Cl. The zero-order chi connectivity index (χ0) is 15.4. The minimum atomic E-state index is 0.0827. The van der Waals surface area contributed by atoms with Crippen molar-refractivity contribution in [2.24, 2.45) is 5.73 Å². The Morgan fingerprint density at radius 2 is 1.81 bits per heavy atom. The topological polar surface area (TPSA) is 35.2 Å². The number of aryl methyl sites for hydroxylation is 1. The van der Waals surface area contributed by atoms with E-state index in [-0.39, 0.29) is 6.04 Å². The first-order valence-corrected chi connectivity index (χ1v) is 7.73. The number of hydrogen-bond acceptors (Lipinski definition) is 2. The lowest BCUT2D eigenvalue weighted by atomic mass is 10.0. The van der Waals surface area contributed by atoms with E-state index in [0.717, 1.165) is 29.7 Å². The molecule has 0 radical (unpaired) electrons. The highest BCUT2D eigenvalue weighted by Crippen LogP contribution is 2.33. The van der Waals surface area contributed by atoms with Gasteiger partial charge in [0.1, 0.15) is 11.5 Å². The highest BCUT2D eigenvalue weighted by atomic mass is 35.5. The van der Waals surface area contributed by atoms with Crippen LogP contribution < -0.4 is 10.5 Å². The number of rotatable bonds is 5. The maximum atomic E-state index is 6.22. The number of hydrogen-bond donors (Lipinski definition) is 1. The summed E-state index contributed by atoms with van der Waals surface area (Å²) in [5.74, 6) is 1.38. The Bertz CT molecular complexity index is 628. The van der Waals surface area contributed by atoms with Gasteiger partial charge in [-0.15, -0.1) is 0 Å². The predicted molar refractivity (Wildman–Crippen MR) is 89.7 cm³/mol. The molecule has 2 aromatic rings. The molecule has 21 heavy (non-hydrogen) atoms. The third-order valence-corrected chi connectivity index (χ3v) is 3.87. The van der Waals surface area contributed by atoms with Crippen LogP contribution in [-0.2, 0) is 6.42 Å². The van der Waals surface area contributed by atoms with Crippen molar-refractivity contribution in [2.45, 2.75) is 32.7 Å². The first kappa shape index (κ1) is 16.2. The van der Waals surface area contributed by atoms with Gasteiger partial charge >= 0.3 is 0 Å². The summed E-state index contributed by atoms with van der Waals surface area (Å²) in [7, 11) is 0. The van der Waals surface area contributed by atoms with Gasteiger partial charge in [-0.05, 0) is 61.2 Å². The van der Waals surface area contributed by atoms with Crippen LogP contribution in [0.3, 0.4) is 0 Å². The van der Waals surface area contributed by atoms with Crippen LogP contribution in [-0.4, -0.2) is 6.04 Å². The molecule has 2 N–H and O–H groups in total. The Labute approximate surface area is 135 Å². The van der Waals surface area contributed by atoms with Crippen molar-refractivity contribution in [3.05, 3.63) is 57.6 Å². The summed E-state index contributed by atoms with van der Waals surface area (Å²) in [6.45, 7) is 4.05. The van der Waals surface area contributed by atoms with Gasteiger partial charge in [-0.2, -0.15) is 0 Å². The van der Waals surface area contributed by atoms with Gasteiger partial charge in [0.15, 0.2) is 0 Å². The zero-order valence-electron chi connectivity index (χ0n) is 12.2. The molecule has 0 aliphatic heterocycles. The van der Waals surface area contributed by atoms with Crippen molar-refractivity contribution in [2.75, 3.05) is 0 Å². The average Bonchev–Trinajstić information content (AvgIpc) is 2.44. The van der Waals surface area contributed by atoms with E-state index in [0.29, 0.717) is 15.8 Å². The maximum absolute atomic E-state index is 6.22. The van der Waals surface area contributed by atoms with Crippen LogP contribution in [0.4, 0.5) is 0 Å². The van der Waals surface area contributed by atoms with Crippen LogP contribution in [0.25, 0.3) is 0 Å². The normalized spacial score (nSPS) is 12.2. The molecule has 0 spiro atoms. The van der Waals surface area contributed by atoms with E-state index < -0.39 is 0 Å². The van der Waals surface area contributed by atoms with Crippen LogP contribution in [0.1, 0.15) is 24.5 Å². The zero-order valence-corrected chi connectivity index (χ0v) is 13.7. The van der Waals surface area contributed by atoms with Crippen molar-refractivity contribution in [1.82, 2.24) is 0 Å². The first-order chi connectivity index (χ1) is 9.99. The molecular weight excluding hydrogens is 305 g/mol. The summed E-state index contributed by atoms with van der Waals surface area (Å²) in [6, 6.07) is 11.4. The molecule has 1 atom stereocenters. The van der Waals surface area contributed by atoms with Gasteiger partial charge in [0.2, 0.25) is 0 Å². The average molecular weight is 324 g/mol. The van der Waals surface area contributed by atoms with E-state index in [2.05, 4.69) is 6.92 Å². The van der Waals surface area contributed by atoms with E-state index in [4.69, 9.17) is 33.7 Å². The number of ether oxygens (including phenoxy) is 1. The molecule has 2 aromatic carbocycles. The monoisotopic (exact) mass is 323 g/mol. The second-order valence-corrected chi connectivity index (χ2v) is 6.00. The van der Waals surface area contributed by atoms with Gasteiger partial charge < -0.3 is 10.5 Å². The summed E-state index contributed by atoms with van der Waals surface area (Å²) < 4.78 is 5.95. The third kappa shape index (κ3) is 4.37. The molecule has 0 saturated heterocycles. The largest absolute Gasteiger partial charge is 0.456 e. The molecule has 1 unspecified atom stereocenters. The highest BCUT2D eigenvalue weighted by Gasteiger charge is 2.11. The Morgan fingerprint density at radius 1 is 1.10 bits per heavy atom. The Morgan fingerprint density at radius 3 is 2.48 bits per heavy atom. The fourth-order valence-electron chi connectivity index (χ4n) is 2.04. The number of nitrogens with two attached hydrogens (primary N) is 1. The maximum Gasteiger partial charge on any atom is 0.146 e. The molecular formula is C17H19Cl2NO. The van der Waals surface area contributed by atoms with Crippen molar-refractivity contribution < 1.29 is 4.74 Å². The van der Waals surface area contributed by atoms with Crippen molar-refractivity contribution in [3.8, 4) is 11.5 Å². The van der Waals surface area contributed by atoms with E-state index in [1.165, 1.54) is 0 Å². The van der Waals surface area contributed by atoms with Crippen LogP contribution >= 0.6 is 23.2 Å². The van der Waals surface area contributed by atoms with Crippen LogP contribution in [0.2, 0.25) is 10.0 Å². The lowest BCUT2D eigenvalue weighted by Crippen LogP contribution is -2.21. The number of benzene rings is 2. The summed E-state index contributed by atoms with van der Waals surface area (Å²) in [5.41, 5.74) is 8.13. The second kappa shape index (κ2) is 7.17. The van der Waals surface area contributed by atoms with Gasteiger partial charge in [-0.25, -0.2) is 0 Å². The van der Waals surface area contributed by atoms with E-state index >= 15 is 0 Å². The lowest BCUT2D eigenvalue weighted by Gasteiger charge is -2.15. The molecule has 0 aliphatic rings. The molecule has 0 bridgehead atoms. The van der Waals surface area contributed by atoms with Gasteiger partial charge in [0.25, 0.3) is 0 Å². The molecule has 0 saturated carbocycles. The third-order valence-electron chi connectivity index (χ3n) is 3.34. The van der Waals surface area contributed by atoms with Crippen molar-refractivity contribution in [1.29, 1.82) is 0 Å². The van der Waals surface area contributed by atoms with Crippen LogP contribution in [0.5, 0.6) is 11.5 Å². The minimum absolute atomic E-state index is 0.0827. The molecule has 0 aliphatic carbocycles. The van der Waals surface area contributed by atoms with Gasteiger partial charge in [0.05, 0.1) is 5.02 Å². The lowest BCUT2D eigenvalue weighted by molar-refractivity contribution is 0.472. The molecule has 0 amide bonds. The summed E-state index contributed by atoms with van der Waals surface area (Å²) >= 11 is 12.3. The van der Waals surface area contributed by atoms with Gasteiger partial charge in [-0.1, -0.05) is 36.2 Å². The van der Waals surface area contributed by atoms with Gasteiger partial charge in [-0.3, -0.25) is 0 Å². The molecule has 112 valence electrons. The second-order valence-electron chi connectivity index (χ2n) is 5.16. The highest BCUT2D eigenvalue weighted by molar-refractivity contribution is 6.32. The quantitative estimate of drug-likeness (QED) is 0.802. The molecule has 0 fully saturated rings. The summed E-state index contributed by atoms with van der Waals surface area (Å²) in [6.07, 6.45) is 1.62. The summed E-state index contributed by atoms with van der Waals surface area (Å²) in [5, 5.41) is 1.27. The standard InChI is InChI=1S/C17H19Cl2NO/c1-3-14(20)10-12-9-13(18)5-7-16(12)21-17-6-4-11(2)8-15(17)19/h4-9,14H,3,10,20H2,1-2H3. The molecule has 4 heteroatoms. The van der Waals surface area contributed by atoms with Crippen LogP contribution in [0.15, 0.2) is 36.4 Å². The fourth-order valence-corrected chi connectivity index (χ4v) is 2.51. The van der Waals surface area contributed by atoms with Crippen molar-refractivity contribution >= 4 is 23.2 Å². The number of halogens is 2. The Hall–Kier alpha value is -1.22. The van der Waals surface area contributed by atoms with E-state index in [1.807, 2.05) is 37.3 Å². The van der Waals surface area contributed by atoms with Gasteiger partial charge in [0, 0.05) is 11.1 Å².